The molecule has 20 nitrogen and oxygen atoms in total. The Morgan fingerprint density at radius 1 is 0.466 bits per heavy atom. The molecule has 0 saturated carbocycles. The van der Waals surface area contributed by atoms with Crippen LogP contribution in [0.5, 0.6) is 17.2 Å². The maximum Gasteiger partial charge on any atom is 0.256 e. The fourth-order valence-corrected chi connectivity index (χ4v) is 13.1. The number of halogens is 8. The SMILES string of the molecule is Cc1cn2c(NCc3c(F)ccc4c3CCO4)ncc(-c3cc(F)c(C(=O)N(C)C)cc3Cl)c2n1.Cc1cn2c(NCc3c(F)ccc4c3CCO4)ncc(-c3ccc(C(=O)N(C)C)c(F)c3)c2n1.Cc1cn2c(NCc3c(F)ccc4c3CCO4)ncc(-c3ccc(CN(C)C)c(F)c3F)c2n1. The van der Waals surface area contributed by atoms with Gasteiger partial charge in [0.05, 0.1) is 48.0 Å². The minimum absolute atomic E-state index is 0.00284. The summed E-state index contributed by atoms with van der Waals surface area (Å²) in [5.74, 6) is -1.51. The van der Waals surface area contributed by atoms with Gasteiger partial charge in [-0.25, -0.2) is 60.6 Å². The summed E-state index contributed by atoms with van der Waals surface area (Å²) in [7, 11) is 9.81. The van der Waals surface area contributed by atoms with Crippen LogP contribution in [-0.4, -0.2) is 132 Å². The van der Waals surface area contributed by atoms with Crippen molar-refractivity contribution >= 4 is 58.2 Å². The fourth-order valence-electron chi connectivity index (χ4n) is 12.8. The minimum atomic E-state index is -0.939. The van der Waals surface area contributed by atoms with Crippen LogP contribution in [0.3, 0.4) is 0 Å². The van der Waals surface area contributed by atoms with Gasteiger partial charge in [-0.2, -0.15) is 0 Å². The average Bonchev–Trinajstić information content (AvgIpc) is 1.72. The molecular weight excluding hydrogens is 1360 g/mol. The molecular formula is C75H69ClF7N15O5. The number of benzene rings is 6. The predicted octanol–water partition coefficient (Wildman–Crippen LogP) is 13.8. The standard InChI is InChI=1S/C25H22ClF2N5O2.C25H24F3N5O.C25H23F2N5O2/c1-13-12-33-23(31-13)18(15-9-21(28)16(8-19(15)26)24(34)32(2)3)11-30-25(33)29-10-17-14-6-7-35-22(14)5-4-20(17)27;1-14-12-33-24(31-14)19(17-5-4-15(13-32(2)3)22(27)23(17)28)11-30-25(33)29-10-18-16-8-9-34-21(16)7-6-20(18)26;1-14-13-32-23(30-14)18(15-4-5-17(21(27)10-15)24(33)31(2)3)11-28-25(32)29-12-19-16-8-9-34-22(16)7-6-20(19)26/h4-5,8-9,11-12H,6-7,10H2,1-3H3,(H,29,30);4-7,11-12H,8-10,13H2,1-3H3,(H,29,30);4-7,10-11,13H,8-9,12H2,1-3H3,(H,28,29). The summed E-state index contributed by atoms with van der Waals surface area (Å²) in [6.07, 6.45) is 11.9. The van der Waals surface area contributed by atoms with E-state index in [1.807, 2.05) is 20.0 Å². The lowest BCUT2D eigenvalue weighted by atomic mass is 10.0. The van der Waals surface area contributed by atoms with Crippen LogP contribution in [0, 0.1) is 61.5 Å². The molecule has 2 amide bonds. The lowest BCUT2D eigenvalue weighted by Crippen LogP contribution is -2.22. The van der Waals surface area contributed by atoms with Gasteiger partial charge in [-0.3, -0.25) is 22.8 Å². The van der Waals surface area contributed by atoms with E-state index < -0.39 is 35.1 Å². The number of anilines is 3. The van der Waals surface area contributed by atoms with Gasteiger partial charge in [0.15, 0.2) is 11.6 Å². The highest BCUT2D eigenvalue weighted by Gasteiger charge is 2.27. The number of hydrogen-bond acceptors (Lipinski definition) is 15. The fraction of sp³-hybridized carbons (Fsp3) is 0.253. The van der Waals surface area contributed by atoms with Crippen LogP contribution in [0.15, 0.2) is 116 Å². The molecule has 0 radical (unpaired) electrons. The number of carbonyl (C=O) groups excluding carboxylic acids is 2. The van der Waals surface area contributed by atoms with Crippen molar-refractivity contribution in [3.63, 3.8) is 0 Å². The van der Waals surface area contributed by atoms with Gasteiger partial charge in [-0.1, -0.05) is 29.8 Å². The molecule has 3 aliphatic rings. The first-order chi connectivity index (χ1) is 49.4. The number of rotatable bonds is 16. The molecule has 6 aromatic carbocycles. The number of hydrogen-bond donors (Lipinski definition) is 3. The van der Waals surface area contributed by atoms with Crippen LogP contribution in [0.1, 0.15) is 76.7 Å². The second-order valence-corrected chi connectivity index (χ2v) is 26.0. The topological polar surface area (TPSA) is 198 Å². The van der Waals surface area contributed by atoms with E-state index in [4.69, 9.17) is 25.8 Å². The smallest absolute Gasteiger partial charge is 0.256 e. The zero-order valence-electron chi connectivity index (χ0n) is 57.5. The molecule has 3 N–H and O–H groups in total. The third-order valence-corrected chi connectivity index (χ3v) is 18.1. The van der Waals surface area contributed by atoms with E-state index in [0.717, 1.165) is 22.4 Å². The van der Waals surface area contributed by atoms with Crippen LogP contribution in [-0.2, 0) is 45.4 Å². The molecule has 0 saturated heterocycles. The van der Waals surface area contributed by atoms with E-state index in [-0.39, 0.29) is 70.9 Å². The molecule has 15 rings (SSSR count). The van der Waals surface area contributed by atoms with E-state index in [1.165, 1.54) is 64.7 Å². The number of nitrogens with zero attached hydrogens (tertiary/aromatic N) is 12. The highest BCUT2D eigenvalue weighted by Crippen LogP contribution is 2.38. The number of aryl methyl sites for hydroxylation is 3. The summed E-state index contributed by atoms with van der Waals surface area (Å²) in [6.45, 7) is 7.98. The van der Waals surface area contributed by atoms with E-state index in [9.17, 15) is 35.9 Å². The molecule has 530 valence electrons. The highest BCUT2D eigenvalue weighted by atomic mass is 35.5. The van der Waals surface area contributed by atoms with E-state index in [1.54, 1.807) is 122 Å². The lowest BCUT2D eigenvalue weighted by molar-refractivity contribution is 0.0815. The van der Waals surface area contributed by atoms with Crippen molar-refractivity contribution in [2.75, 3.05) is 78.1 Å². The first-order valence-corrected chi connectivity index (χ1v) is 33.2. The maximum absolute atomic E-state index is 15.0. The molecule has 28 heteroatoms. The summed E-state index contributed by atoms with van der Waals surface area (Å²) < 4.78 is 125. The molecule has 0 bridgehead atoms. The zero-order chi connectivity index (χ0) is 72.8. The molecule has 0 atom stereocenters. The Labute approximate surface area is 591 Å². The summed E-state index contributed by atoms with van der Waals surface area (Å²) in [4.78, 5) is 55.9. The lowest BCUT2D eigenvalue weighted by Gasteiger charge is -2.15. The largest absolute Gasteiger partial charge is 0.493 e. The highest BCUT2D eigenvalue weighted by molar-refractivity contribution is 6.34. The minimum Gasteiger partial charge on any atom is -0.493 e. The Kier molecular flexibility index (Phi) is 19.7. The van der Waals surface area contributed by atoms with Gasteiger partial charge < -0.3 is 44.9 Å². The van der Waals surface area contributed by atoms with Crippen molar-refractivity contribution in [1.82, 2.24) is 57.8 Å². The maximum atomic E-state index is 15.0. The Bertz CT molecular complexity index is 5350. The van der Waals surface area contributed by atoms with Gasteiger partial charge in [0.25, 0.3) is 11.8 Å². The number of imidazole rings is 3. The summed E-state index contributed by atoms with van der Waals surface area (Å²) in [5, 5.41) is 9.76. The number of amides is 2. The average molecular weight is 1430 g/mol. The van der Waals surface area contributed by atoms with Crippen molar-refractivity contribution in [3.8, 4) is 50.6 Å². The van der Waals surface area contributed by atoms with Crippen molar-refractivity contribution in [3.05, 3.63) is 229 Å². The first-order valence-electron chi connectivity index (χ1n) is 32.8. The Morgan fingerprint density at radius 2 is 0.874 bits per heavy atom. The van der Waals surface area contributed by atoms with Gasteiger partial charge in [0.2, 0.25) is 17.8 Å². The van der Waals surface area contributed by atoms with E-state index in [2.05, 4.69) is 45.9 Å². The normalized spacial score (nSPS) is 12.6. The Hall–Kier alpha value is -11.3. The molecule has 103 heavy (non-hydrogen) atoms. The van der Waals surface area contributed by atoms with Crippen molar-refractivity contribution in [2.45, 2.75) is 66.2 Å². The van der Waals surface area contributed by atoms with E-state index >= 15 is 4.39 Å². The third-order valence-electron chi connectivity index (χ3n) is 17.8. The number of ether oxygens (including phenoxy) is 3. The van der Waals surface area contributed by atoms with Gasteiger partial charge >= 0.3 is 0 Å². The summed E-state index contributed by atoms with van der Waals surface area (Å²) in [6, 6.07) is 19.3. The monoisotopic (exact) mass is 1430 g/mol. The van der Waals surface area contributed by atoms with Gasteiger partial charge in [-0.15, -0.1) is 0 Å². The van der Waals surface area contributed by atoms with Gasteiger partial charge in [0.1, 0.15) is 63.3 Å². The quantitative estimate of drug-likeness (QED) is 0.0772. The van der Waals surface area contributed by atoms with E-state index in [0.29, 0.717) is 147 Å². The summed E-state index contributed by atoms with van der Waals surface area (Å²) >= 11 is 6.47. The number of aromatic nitrogens is 9. The molecule has 6 aromatic heterocycles. The molecule has 0 spiro atoms. The molecule has 0 aliphatic carbocycles. The second-order valence-electron chi connectivity index (χ2n) is 25.6. The van der Waals surface area contributed by atoms with Gasteiger partial charge in [-0.05, 0) is 101 Å². The predicted molar refractivity (Wildman–Crippen MR) is 377 cm³/mol. The number of carbonyl (C=O) groups is 2. The zero-order valence-corrected chi connectivity index (χ0v) is 58.2. The molecule has 0 fully saturated rings. The van der Waals surface area contributed by atoms with Crippen LogP contribution >= 0.6 is 11.6 Å². The summed E-state index contributed by atoms with van der Waals surface area (Å²) in [5.41, 5.74) is 10.4. The van der Waals surface area contributed by atoms with Crippen LogP contribution in [0.25, 0.3) is 50.3 Å². The van der Waals surface area contributed by atoms with Crippen LogP contribution in [0.4, 0.5) is 48.6 Å². The second kappa shape index (κ2) is 29.0. The molecule has 3 aliphatic heterocycles. The molecule has 12 aromatic rings. The number of nitrogens with one attached hydrogen (secondary N) is 3. The Balaban J connectivity index is 0.000000138. The van der Waals surface area contributed by atoms with Crippen molar-refractivity contribution in [2.24, 2.45) is 0 Å². The van der Waals surface area contributed by atoms with Crippen LogP contribution < -0.4 is 30.2 Å². The Morgan fingerprint density at radius 3 is 1.30 bits per heavy atom. The molecule has 9 heterocycles. The van der Waals surface area contributed by atoms with Gasteiger partial charge in [0, 0.05) is 183 Å². The van der Waals surface area contributed by atoms with Crippen molar-refractivity contribution < 1.29 is 54.5 Å². The number of fused-ring (bicyclic) bond motifs is 6. The van der Waals surface area contributed by atoms with Crippen molar-refractivity contribution in [1.29, 1.82) is 0 Å². The van der Waals surface area contributed by atoms with Crippen LogP contribution in [0.2, 0.25) is 5.02 Å². The first kappa shape index (κ1) is 70.1. The third kappa shape index (κ3) is 14.0. The molecule has 0 unspecified atom stereocenters.